The molecule has 6 heteroatoms. The highest BCUT2D eigenvalue weighted by atomic mass is 79.9. The molecule has 5 nitrogen and oxygen atoms in total. The Morgan fingerprint density at radius 2 is 1.95 bits per heavy atom. The zero-order valence-corrected chi connectivity index (χ0v) is 11.6. The normalized spacial score (nSPS) is 10.2. The Bertz CT molecular complexity index is 572. The second-order valence-electron chi connectivity index (χ2n) is 3.95. The topological polar surface area (TPSA) is 68.1 Å². The summed E-state index contributed by atoms with van der Waals surface area (Å²) in [6, 6.07) is 12.2. The molecule has 98 valence electrons. The molecule has 19 heavy (non-hydrogen) atoms. The average molecular weight is 322 g/mol. The summed E-state index contributed by atoms with van der Waals surface area (Å²) in [4.78, 5) is 14.4. The molecule has 0 atom stereocenters. The van der Waals surface area contributed by atoms with Gasteiger partial charge in [-0.1, -0.05) is 18.2 Å². The van der Waals surface area contributed by atoms with E-state index in [1.54, 1.807) is 12.1 Å². The molecular weight excluding hydrogens is 310 g/mol. The van der Waals surface area contributed by atoms with Gasteiger partial charge >= 0.3 is 0 Å². The molecule has 0 bridgehead atoms. The summed E-state index contributed by atoms with van der Waals surface area (Å²) in [6.07, 6.45) is 0.784. The van der Waals surface area contributed by atoms with E-state index >= 15 is 0 Å². The summed E-state index contributed by atoms with van der Waals surface area (Å²) in [7, 11) is 0. The fourth-order valence-corrected chi connectivity index (χ4v) is 1.97. The third kappa shape index (κ3) is 4.03. The molecule has 0 spiro atoms. The molecule has 1 aromatic carbocycles. The van der Waals surface area contributed by atoms with E-state index in [1.165, 1.54) is 12.1 Å². The van der Waals surface area contributed by atoms with Crippen molar-refractivity contribution in [2.75, 3.05) is 11.9 Å². The van der Waals surface area contributed by atoms with E-state index in [0.717, 1.165) is 29.0 Å². The van der Waals surface area contributed by atoms with Crippen LogP contribution in [-0.4, -0.2) is 16.5 Å². The Balaban J connectivity index is 1.87. The Labute approximate surface area is 119 Å². The molecule has 0 aliphatic rings. The van der Waals surface area contributed by atoms with E-state index in [2.05, 4.69) is 26.2 Å². The first-order chi connectivity index (χ1) is 9.15. The molecule has 0 saturated heterocycles. The molecule has 0 fully saturated rings. The second kappa shape index (κ2) is 6.29. The largest absolute Gasteiger partial charge is 0.370 e. The van der Waals surface area contributed by atoms with Gasteiger partial charge in [0.2, 0.25) is 0 Å². The van der Waals surface area contributed by atoms with E-state index in [0.29, 0.717) is 0 Å². The lowest BCUT2D eigenvalue weighted by Gasteiger charge is -2.05. The number of hydrogen-bond acceptors (Lipinski definition) is 4. The monoisotopic (exact) mass is 321 g/mol. The summed E-state index contributed by atoms with van der Waals surface area (Å²) in [5.41, 5.74) is 1.17. The maximum absolute atomic E-state index is 10.5. The molecule has 1 aromatic heterocycles. The third-order valence-electron chi connectivity index (χ3n) is 2.58. The first kappa shape index (κ1) is 13.5. The van der Waals surface area contributed by atoms with Gasteiger partial charge in [0.25, 0.3) is 5.69 Å². The fourth-order valence-electron chi connectivity index (χ4n) is 1.63. The number of hydrogen-bond donors (Lipinski definition) is 1. The van der Waals surface area contributed by atoms with Crippen molar-refractivity contribution in [2.24, 2.45) is 0 Å². The summed E-state index contributed by atoms with van der Waals surface area (Å²) in [5.74, 6) is 0.802. The van der Waals surface area contributed by atoms with Crippen molar-refractivity contribution in [3.63, 3.8) is 0 Å². The zero-order chi connectivity index (χ0) is 13.7. The number of non-ortho nitro benzene ring substituents is 1. The number of aromatic nitrogens is 1. The van der Waals surface area contributed by atoms with Crippen molar-refractivity contribution in [3.05, 3.63) is 62.7 Å². The standard InChI is InChI=1S/C13H12BrN3O2/c14-12-2-1-3-13(16-12)15-9-8-10-4-6-11(7-5-10)17(18)19/h1-7H,8-9H2,(H,15,16). The Kier molecular flexibility index (Phi) is 4.46. The summed E-state index contributed by atoms with van der Waals surface area (Å²) in [6.45, 7) is 0.723. The van der Waals surface area contributed by atoms with Crippen molar-refractivity contribution in [3.8, 4) is 0 Å². The van der Waals surface area contributed by atoms with Gasteiger partial charge in [0.1, 0.15) is 10.4 Å². The van der Waals surface area contributed by atoms with Gasteiger partial charge < -0.3 is 5.32 Å². The molecule has 1 heterocycles. The smallest absolute Gasteiger partial charge is 0.269 e. The molecule has 0 aliphatic heterocycles. The van der Waals surface area contributed by atoms with Crippen LogP contribution in [0.15, 0.2) is 47.1 Å². The molecule has 1 N–H and O–H groups in total. The maximum atomic E-state index is 10.5. The second-order valence-corrected chi connectivity index (χ2v) is 4.76. The lowest BCUT2D eigenvalue weighted by Crippen LogP contribution is -2.06. The molecular formula is C13H12BrN3O2. The molecule has 2 rings (SSSR count). The average Bonchev–Trinajstić information content (AvgIpc) is 2.39. The van der Waals surface area contributed by atoms with Gasteiger partial charge in [0, 0.05) is 18.7 Å². The molecule has 0 saturated carbocycles. The minimum atomic E-state index is -0.395. The van der Waals surface area contributed by atoms with Crippen LogP contribution in [0.4, 0.5) is 11.5 Å². The van der Waals surface area contributed by atoms with E-state index in [-0.39, 0.29) is 5.69 Å². The van der Waals surface area contributed by atoms with Crippen LogP contribution < -0.4 is 5.32 Å². The van der Waals surface area contributed by atoms with Gasteiger partial charge in [-0.3, -0.25) is 10.1 Å². The Morgan fingerprint density at radius 3 is 2.58 bits per heavy atom. The number of benzene rings is 1. The summed E-state index contributed by atoms with van der Waals surface area (Å²) < 4.78 is 0.785. The maximum Gasteiger partial charge on any atom is 0.269 e. The lowest BCUT2D eigenvalue weighted by atomic mass is 10.1. The van der Waals surface area contributed by atoms with Crippen LogP contribution in [0.2, 0.25) is 0 Å². The number of nitrogens with one attached hydrogen (secondary N) is 1. The molecule has 0 unspecified atom stereocenters. The van der Waals surface area contributed by atoms with Crippen molar-refractivity contribution in [2.45, 2.75) is 6.42 Å². The minimum absolute atomic E-state index is 0.116. The molecule has 0 aliphatic carbocycles. The number of nitro benzene ring substituents is 1. The Morgan fingerprint density at radius 1 is 1.21 bits per heavy atom. The van der Waals surface area contributed by atoms with Crippen molar-refractivity contribution in [1.29, 1.82) is 0 Å². The number of nitro groups is 1. The van der Waals surface area contributed by atoms with Crippen LogP contribution in [0, 0.1) is 10.1 Å². The quantitative estimate of drug-likeness (QED) is 0.520. The number of rotatable bonds is 5. The highest BCUT2D eigenvalue weighted by molar-refractivity contribution is 9.10. The lowest BCUT2D eigenvalue weighted by molar-refractivity contribution is -0.384. The fraction of sp³-hybridized carbons (Fsp3) is 0.154. The number of anilines is 1. The third-order valence-corrected chi connectivity index (χ3v) is 3.02. The minimum Gasteiger partial charge on any atom is -0.370 e. The predicted octanol–water partition coefficient (Wildman–Crippen LogP) is 3.41. The van der Waals surface area contributed by atoms with Crippen molar-refractivity contribution in [1.82, 2.24) is 4.98 Å². The van der Waals surface area contributed by atoms with Crippen LogP contribution in [-0.2, 0) is 6.42 Å². The zero-order valence-electron chi connectivity index (χ0n) is 10.0. The van der Waals surface area contributed by atoms with E-state index in [9.17, 15) is 10.1 Å². The highest BCUT2D eigenvalue weighted by Crippen LogP contribution is 2.13. The molecule has 0 amide bonds. The van der Waals surface area contributed by atoms with Gasteiger partial charge in [0.15, 0.2) is 0 Å². The van der Waals surface area contributed by atoms with Crippen LogP contribution in [0.5, 0.6) is 0 Å². The first-order valence-corrected chi connectivity index (χ1v) is 6.54. The Hall–Kier alpha value is -1.95. The van der Waals surface area contributed by atoms with Crippen LogP contribution in [0.3, 0.4) is 0 Å². The predicted molar refractivity (Wildman–Crippen MR) is 77.2 cm³/mol. The number of pyridine rings is 1. The summed E-state index contributed by atoms with van der Waals surface area (Å²) >= 11 is 3.31. The van der Waals surface area contributed by atoms with E-state index in [4.69, 9.17) is 0 Å². The van der Waals surface area contributed by atoms with Crippen LogP contribution >= 0.6 is 15.9 Å². The van der Waals surface area contributed by atoms with Gasteiger partial charge in [0.05, 0.1) is 4.92 Å². The van der Waals surface area contributed by atoms with Crippen molar-refractivity contribution >= 4 is 27.4 Å². The van der Waals surface area contributed by atoms with E-state index in [1.807, 2.05) is 18.2 Å². The van der Waals surface area contributed by atoms with Gasteiger partial charge in [-0.25, -0.2) is 4.98 Å². The SMILES string of the molecule is O=[N+]([O-])c1ccc(CCNc2cccc(Br)n2)cc1. The van der Waals surface area contributed by atoms with Gasteiger partial charge in [-0.15, -0.1) is 0 Å². The number of nitrogens with zero attached hydrogens (tertiary/aromatic N) is 2. The van der Waals surface area contributed by atoms with E-state index < -0.39 is 4.92 Å². The first-order valence-electron chi connectivity index (χ1n) is 5.75. The van der Waals surface area contributed by atoms with Crippen molar-refractivity contribution < 1.29 is 4.92 Å². The van der Waals surface area contributed by atoms with Gasteiger partial charge in [-0.2, -0.15) is 0 Å². The van der Waals surface area contributed by atoms with Crippen LogP contribution in [0.25, 0.3) is 0 Å². The van der Waals surface area contributed by atoms with Gasteiger partial charge in [-0.05, 0) is 40.0 Å². The van der Waals surface area contributed by atoms with Crippen LogP contribution in [0.1, 0.15) is 5.56 Å². The number of halogens is 1. The molecule has 2 aromatic rings. The molecule has 0 radical (unpaired) electrons. The highest BCUT2D eigenvalue weighted by Gasteiger charge is 2.03. The summed E-state index contributed by atoms with van der Waals surface area (Å²) in [5, 5.41) is 13.7.